The van der Waals surface area contributed by atoms with Crippen LogP contribution >= 0.6 is 24.0 Å². The van der Waals surface area contributed by atoms with Crippen LogP contribution in [0.15, 0.2) is 59.9 Å². The molecule has 2 heterocycles. The van der Waals surface area contributed by atoms with Gasteiger partial charge in [-0.05, 0) is 30.2 Å². The summed E-state index contributed by atoms with van der Waals surface area (Å²) in [4.78, 5) is 6.64. The fraction of sp³-hybridized carbons (Fsp3) is 0.368. The number of aromatic nitrogens is 2. The number of rotatable bonds is 7. The van der Waals surface area contributed by atoms with Crippen molar-refractivity contribution in [2.45, 2.75) is 19.5 Å². The monoisotopic (exact) mass is 466 g/mol. The Hall–Kier alpha value is -2.03. The van der Waals surface area contributed by atoms with Gasteiger partial charge in [0.25, 0.3) is 0 Å². The first-order valence-electron chi connectivity index (χ1n) is 8.76. The minimum Gasteiger partial charge on any atom is -0.364 e. The van der Waals surface area contributed by atoms with Crippen molar-refractivity contribution in [3.8, 4) is 0 Å². The normalized spacial score (nSPS) is 13.6. The van der Waals surface area contributed by atoms with E-state index >= 15 is 0 Å². The molecule has 0 bridgehead atoms. The number of nitrogens with one attached hydrogen (secondary N) is 2. The van der Waals surface area contributed by atoms with Crippen molar-refractivity contribution in [2.24, 2.45) is 4.99 Å². The maximum Gasteiger partial charge on any atom is 0.191 e. The fourth-order valence-electron chi connectivity index (χ4n) is 2.84. The highest BCUT2D eigenvalue weighted by Gasteiger charge is 2.08. The lowest BCUT2D eigenvalue weighted by Gasteiger charge is -2.19. The van der Waals surface area contributed by atoms with Crippen molar-refractivity contribution in [3.63, 3.8) is 0 Å². The molecule has 26 heavy (non-hydrogen) atoms. The maximum atomic E-state index is 4.29. The Kier molecular flexibility index (Phi) is 8.46. The van der Waals surface area contributed by atoms with E-state index in [9.17, 15) is 0 Å². The van der Waals surface area contributed by atoms with Gasteiger partial charge < -0.3 is 15.5 Å². The topological polar surface area (TPSA) is 57.5 Å². The Morgan fingerprint density at radius 1 is 1.19 bits per heavy atom. The number of nitrogens with zero attached hydrogens (tertiary/aromatic N) is 4. The lowest BCUT2D eigenvalue weighted by atomic mass is 10.2. The van der Waals surface area contributed by atoms with Crippen molar-refractivity contribution in [1.82, 2.24) is 20.4 Å². The lowest BCUT2D eigenvalue weighted by molar-refractivity contribution is 0.570. The number of hydrogen-bond donors (Lipinski definition) is 2. The van der Waals surface area contributed by atoms with E-state index in [1.165, 1.54) is 11.3 Å². The summed E-state index contributed by atoms with van der Waals surface area (Å²) in [5.41, 5.74) is 2.52. The van der Waals surface area contributed by atoms with E-state index in [2.05, 4.69) is 62.0 Å². The van der Waals surface area contributed by atoms with E-state index in [0.717, 1.165) is 45.1 Å². The summed E-state index contributed by atoms with van der Waals surface area (Å²) in [6.07, 6.45) is 9.20. The molecule has 0 aliphatic carbocycles. The van der Waals surface area contributed by atoms with E-state index in [4.69, 9.17) is 0 Å². The van der Waals surface area contributed by atoms with Crippen LogP contribution in [0, 0.1) is 0 Å². The number of aliphatic imine (C=N–C) groups is 1. The zero-order valence-electron chi connectivity index (χ0n) is 15.1. The second kappa shape index (κ2) is 10.8. The first-order chi connectivity index (χ1) is 12.3. The molecule has 0 saturated heterocycles. The van der Waals surface area contributed by atoms with Crippen molar-refractivity contribution in [3.05, 3.63) is 60.4 Å². The van der Waals surface area contributed by atoms with Gasteiger partial charge in [-0.2, -0.15) is 5.10 Å². The highest BCUT2D eigenvalue weighted by Crippen LogP contribution is 2.18. The van der Waals surface area contributed by atoms with E-state index in [-0.39, 0.29) is 24.0 Å². The molecule has 0 unspecified atom stereocenters. The fourth-order valence-corrected chi connectivity index (χ4v) is 2.84. The number of guanidine groups is 1. The summed E-state index contributed by atoms with van der Waals surface area (Å²) < 4.78 is 1.94. The highest BCUT2D eigenvalue weighted by atomic mass is 127. The lowest BCUT2D eigenvalue weighted by Crippen LogP contribution is -2.37. The Labute approximate surface area is 172 Å². The third-order valence-corrected chi connectivity index (χ3v) is 4.19. The van der Waals surface area contributed by atoms with Crippen molar-refractivity contribution in [2.75, 3.05) is 31.6 Å². The third kappa shape index (κ3) is 6.05. The maximum absolute atomic E-state index is 4.29. The van der Waals surface area contributed by atoms with Gasteiger partial charge in [0.1, 0.15) is 0 Å². The van der Waals surface area contributed by atoms with Gasteiger partial charge in [-0.1, -0.05) is 24.3 Å². The van der Waals surface area contributed by atoms with Gasteiger partial charge in [-0.3, -0.25) is 9.67 Å². The molecule has 2 N–H and O–H groups in total. The summed E-state index contributed by atoms with van der Waals surface area (Å²) in [5, 5.41) is 10.9. The van der Waals surface area contributed by atoms with Crippen molar-refractivity contribution >= 4 is 35.6 Å². The Morgan fingerprint density at radius 3 is 2.77 bits per heavy atom. The molecule has 0 radical (unpaired) electrons. The second-order valence-corrected chi connectivity index (χ2v) is 6.02. The standard InChI is InChI=1S/C19H26N6.HI/c1-20-19(21-9-5-13-25-14-6-10-23-25)22-16-17-7-4-8-18(15-17)24-11-2-3-12-24;/h2-4,6-8,10,14-15H,5,9,11-13,16H2,1H3,(H2,20,21,22);1H. The number of benzene rings is 1. The van der Waals surface area contributed by atoms with Crippen molar-refractivity contribution < 1.29 is 0 Å². The van der Waals surface area contributed by atoms with Crippen LogP contribution in [-0.4, -0.2) is 42.4 Å². The van der Waals surface area contributed by atoms with E-state index < -0.39 is 0 Å². The molecule has 0 atom stereocenters. The summed E-state index contributed by atoms with van der Waals surface area (Å²) >= 11 is 0. The number of anilines is 1. The quantitative estimate of drug-likeness (QED) is 0.217. The number of halogens is 1. The predicted octanol–water partition coefficient (Wildman–Crippen LogP) is 2.63. The molecule has 3 rings (SSSR count). The smallest absolute Gasteiger partial charge is 0.191 e. The van der Waals surface area contributed by atoms with Crippen LogP contribution < -0.4 is 15.5 Å². The molecular weight excluding hydrogens is 439 g/mol. The minimum atomic E-state index is 0. The van der Waals surface area contributed by atoms with Crippen LogP contribution in [0.5, 0.6) is 0 Å². The number of hydrogen-bond acceptors (Lipinski definition) is 3. The Balaban J connectivity index is 0.00000243. The average Bonchev–Trinajstić information content (AvgIpc) is 3.35. The van der Waals surface area contributed by atoms with Crippen LogP contribution in [-0.2, 0) is 13.1 Å². The van der Waals surface area contributed by atoms with E-state index in [1.54, 1.807) is 13.2 Å². The zero-order valence-corrected chi connectivity index (χ0v) is 17.5. The second-order valence-electron chi connectivity index (χ2n) is 6.02. The molecule has 6 nitrogen and oxygen atoms in total. The molecule has 0 spiro atoms. The number of aryl methyl sites for hydroxylation is 1. The summed E-state index contributed by atoms with van der Waals surface area (Å²) in [6, 6.07) is 10.6. The molecular formula is C19H27IN6. The molecule has 7 heteroatoms. The van der Waals surface area contributed by atoms with Crippen LogP contribution in [0.3, 0.4) is 0 Å². The summed E-state index contributed by atoms with van der Waals surface area (Å²) in [7, 11) is 1.80. The van der Waals surface area contributed by atoms with Crippen LogP contribution in [0.1, 0.15) is 12.0 Å². The van der Waals surface area contributed by atoms with Gasteiger partial charge in [0.05, 0.1) is 0 Å². The molecule has 1 aliphatic heterocycles. The predicted molar refractivity (Wildman–Crippen MR) is 118 cm³/mol. The zero-order chi connectivity index (χ0) is 17.3. The minimum absolute atomic E-state index is 0. The summed E-state index contributed by atoms with van der Waals surface area (Å²) in [6.45, 7) is 4.52. The summed E-state index contributed by atoms with van der Waals surface area (Å²) in [5.74, 6) is 0.828. The highest BCUT2D eigenvalue weighted by molar-refractivity contribution is 14.0. The van der Waals surface area contributed by atoms with Gasteiger partial charge in [-0.25, -0.2) is 0 Å². The van der Waals surface area contributed by atoms with E-state index in [0.29, 0.717) is 0 Å². The van der Waals surface area contributed by atoms with Gasteiger partial charge >= 0.3 is 0 Å². The third-order valence-electron chi connectivity index (χ3n) is 4.19. The molecule has 0 saturated carbocycles. The molecule has 2 aromatic rings. The van der Waals surface area contributed by atoms with Gasteiger partial charge in [0.2, 0.25) is 0 Å². The SMILES string of the molecule is CN=C(NCCCn1cccn1)NCc1cccc(N2CC=CC2)c1.I. The van der Waals surface area contributed by atoms with Gasteiger partial charge in [-0.15, -0.1) is 24.0 Å². The molecule has 0 fully saturated rings. The molecule has 1 aromatic heterocycles. The Bertz CT molecular complexity index is 703. The first kappa shape index (κ1) is 20.3. The van der Waals surface area contributed by atoms with Gasteiger partial charge in [0, 0.05) is 57.9 Å². The Morgan fingerprint density at radius 2 is 2.04 bits per heavy atom. The largest absolute Gasteiger partial charge is 0.364 e. The van der Waals surface area contributed by atoms with Gasteiger partial charge in [0.15, 0.2) is 5.96 Å². The first-order valence-corrected chi connectivity index (χ1v) is 8.76. The molecule has 140 valence electrons. The average molecular weight is 466 g/mol. The molecule has 1 aromatic carbocycles. The van der Waals surface area contributed by atoms with Crippen LogP contribution in [0.25, 0.3) is 0 Å². The van der Waals surface area contributed by atoms with E-state index in [1.807, 2.05) is 16.9 Å². The molecule has 0 amide bonds. The van der Waals surface area contributed by atoms with Crippen molar-refractivity contribution in [1.29, 1.82) is 0 Å². The van der Waals surface area contributed by atoms with Crippen LogP contribution in [0.2, 0.25) is 0 Å². The molecule has 1 aliphatic rings. The van der Waals surface area contributed by atoms with Crippen LogP contribution in [0.4, 0.5) is 5.69 Å².